The van der Waals surface area contributed by atoms with Crippen molar-refractivity contribution in [1.29, 1.82) is 0 Å². The molecule has 0 aliphatic heterocycles. The molecule has 0 aliphatic carbocycles. The van der Waals surface area contributed by atoms with Crippen molar-refractivity contribution in [2.45, 2.75) is 0 Å². The fraction of sp³-hybridized carbons (Fsp3) is 0. The molecule has 0 N–H and O–H groups in total. The Balaban J connectivity index is 0.871. The van der Waals surface area contributed by atoms with Crippen LogP contribution in [0.2, 0.25) is 0 Å². The molecule has 10 aromatic carbocycles. The van der Waals surface area contributed by atoms with Crippen LogP contribution in [-0.2, 0) is 0 Å². The predicted molar refractivity (Wildman–Crippen MR) is 259 cm³/mol. The lowest BCUT2D eigenvalue weighted by atomic mass is 10.0. The molecular weight excluding hydrogens is 785 g/mol. The third-order valence-corrected chi connectivity index (χ3v) is 11.7. The zero-order valence-electron chi connectivity index (χ0n) is 34.4. The van der Waals surface area contributed by atoms with E-state index in [0.717, 1.165) is 89.5 Å². The standard InChI is InChI=1S/C56H36N8/c1-3-11-43-37-51(27-21-39(43)9-1)61(47-29-33-49(34-30-47)63-57-53-13-5-6-14-54(53)58-63)45-23-17-41(18-24-45)42-19-25-46(26-20-42)62(52-28-22-40-10-2-4-12-44(40)38-52)48-31-35-50(36-32-48)64-59-55-15-7-8-16-56(55)60-64/h1,3-9,11-38H. The molecule has 0 radical (unpaired) electrons. The molecular formula is C56H36N8. The summed E-state index contributed by atoms with van der Waals surface area (Å²) < 4.78 is 0. The number of hydrogen-bond acceptors (Lipinski definition) is 6. The van der Waals surface area contributed by atoms with Crippen molar-refractivity contribution in [3.05, 3.63) is 231 Å². The highest BCUT2D eigenvalue weighted by atomic mass is 15.5. The van der Waals surface area contributed by atoms with E-state index in [9.17, 15) is 0 Å². The van der Waals surface area contributed by atoms with Crippen LogP contribution >= 0.6 is 0 Å². The van der Waals surface area contributed by atoms with Gasteiger partial charge in [0.05, 0.1) is 11.4 Å². The molecule has 2 aromatic heterocycles. The van der Waals surface area contributed by atoms with Crippen molar-refractivity contribution < 1.29 is 0 Å². The van der Waals surface area contributed by atoms with E-state index in [0.29, 0.717) is 0 Å². The van der Waals surface area contributed by atoms with Gasteiger partial charge in [-0.3, -0.25) is 0 Å². The zero-order chi connectivity index (χ0) is 42.4. The Hall–Kier alpha value is -9.06. The Bertz CT molecular complexity index is 3300. The summed E-state index contributed by atoms with van der Waals surface area (Å²) in [6.07, 6.45) is 0. The summed E-state index contributed by atoms with van der Waals surface area (Å²) in [6, 6.07) is 82.0. The minimum Gasteiger partial charge on any atom is -0.310 e. The van der Waals surface area contributed by atoms with Crippen molar-refractivity contribution in [3.63, 3.8) is 0 Å². The van der Waals surface area contributed by atoms with Gasteiger partial charge in [0, 0.05) is 39.5 Å². The molecule has 0 spiro atoms. The monoisotopic (exact) mass is 820 g/mol. The summed E-state index contributed by atoms with van der Waals surface area (Å²) in [5, 5.41) is 23.3. The molecule has 0 unspecified atom stereocenters. The lowest BCUT2D eigenvalue weighted by Crippen LogP contribution is -2.10. The van der Waals surface area contributed by atoms with Gasteiger partial charge in [-0.25, -0.2) is 0 Å². The second kappa shape index (κ2) is 15.4. The zero-order valence-corrected chi connectivity index (χ0v) is 34.4. The molecule has 8 heteroatoms. The van der Waals surface area contributed by atoms with Crippen LogP contribution in [0.15, 0.2) is 218 Å². The molecule has 0 saturated carbocycles. The molecule has 12 aromatic rings. The van der Waals surface area contributed by atoms with Gasteiger partial charge in [-0.2, -0.15) is 9.59 Å². The Kier molecular flexibility index (Phi) is 8.87. The molecule has 12 rings (SSSR count). The SMILES string of the molecule is c1ccc2cc(N(c3ccc(-c4ccc(N(c5ccc(-n6nc7ccccc7n6)cc5)c5ccc6ccccc6c5)cc4)cc3)c3ccc(-n4nc5ccccc5n4)cc3)ccc2c#1. The predicted octanol–water partition coefficient (Wildman–Crippen LogP) is 13.7. The molecule has 0 bridgehead atoms. The van der Waals surface area contributed by atoms with E-state index in [2.05, 4.69) is 186 Å². The number of fused-ring (bicyclic) bond motifs is 4. The summed E-state index contributed by atoms with van der Waals surface area (Å²) >= 11 is 0. The van der Waals surface area contributed by atoms with Gasteiger partial charge in [0.25, 0.3) is 0 Å². The minimum absolute atomic E-state index is 0.860. The van der Waals surface area contributed by atoms with Crippen molar-refractivity contribution >= 4 is 77.7 Å². The van der Waals surface area contributed by atoms with Gasteiger partial charge in [-0.1, -0.05) is 91.0 Å². The van der Waals surface area contributed by atoms with Gasteiger partial charge in [-0.05, 0) is 167 Å². The first kappa shape index (κ1) is 36.8. The maximum Gasteiger partial charge on any atom is 0.113 e. The van der Waals surface area contributed by atoms with E-state index in [4.69, 9.17) is 20.4 Å². The summed E-state index contributed by atoms with van der Waals surface area (Å²) in [6.45, 7) is 0. The maximum atomic E-state index is 4.70. The third-order valence-electron chi connectivity index (χ3n) is 11.7. The van der Waals surface area contributed by atoms with Crippen LogP contribution in [0, 0.1) is 12.1 Å². The number of rotatable bonds is 9. The van der Waals surface area contributed by atoms with Gasteiger partial charge in [0.1, 0.15) is 22.1 Å². The molecule has 64 heavy (non-hydrogen) atoms. The Morgan fingerprint density at radius 1 is 0.328 bits per heavy atom. The van der Waals surface area contributed by atoms with Crippen LogP contribution in [0.4, 0.5) is 34.1 Å². The van der Waals surface area contributed by atoms with Gasteiger partial charge >= 0.3 is 0 Å². The fourth-order valence-corrected chi connectivity index (χ4v) is 8.43. The molecule has 300 valence electrons. The Morgan fingerprint density at radius 3 is 1.20 bits per heavy atom. The summed E-state index contributed by atoms with van der Waals surface area (Å²) in [7, 11) is 0. The second-order valence-electron chi connectivity index (χ2n) is 15.7. The first-order valence-corrected chi connectivity index (χ1v) is 21.1. The highest BCUT2D eigenvalue weighted by Gasteiger charge is 2.17. The highest BCUT2D eigenvalue weighted by Crippen LogP contribution is 2.40. The van der Waals surface area contributed by atoms with Crippen molar-refractivity contribution in [1.82, 2.24) is 30.0 Å². The lowest BCUT2D eigenvalue weighted by molar-refractivity contribution is 0.765. The number of nitrogens with zero attached hydrogens (tertiary/aromatic N) is 8. The van der Waals surface area contributed by atoms with Crippen LogP contribution in [0.25, 0.3) is 66.1 Å². The average Bonchev–Trinajstić information content (AvgIpc) is 4.01. The summed E-state index contributed by atoms with van der Waals surface area (Å²) in [4.78, 5) is 7.96. The Labute approximate surface area is 369 Å². The van der Waals surface area contributed by atoms with Crippen molar-refractivity contribution in [2.24, 2.45) is 0 Å². The van der Waals surface area contributed by atoms with E-state index in [1.165, 1.54) is 10.8 Å². The smallest absolute Gasteiger partial charge is 0.113 e. The van der Waals surface area contributed by atoms with E-state index >= 15 is 0 Å². The van der Waals surface area contributed by atoms with E-state index in [1.54, 1.807) is 9.59 Å². The van der Waals surface area contributed by atoms with Crippen LogP contribution in [0.1, 0.15) is 0 Å². The highest BCUT2D eigenvalue weighted by molar-refractivity contribution is 5.91. The van der Waals surface area contributed by atoms with Crippen molar-refractivity contribution in [2.75, 3.05) is 9.80 Å². The second-order valence-corrected chi connectivity index (χ2v) is 15.7. The third kappa shape index (κ3) is 6.80. The van der Waals surface area contributed by atoms with Crippen molar-refractivity contribution in [3.8, 4) is 22.5 Å². The molecule has 8 nitrogen and oxygen atoms in total. The first-order valence-electron chi connectivity index (χ1n) is 21.1. The first-order chi connectivity index (χ1) is 31.7. The van der Waals surface area contributed by atoms with Gasteiger partial charge in [0.15, 0.2) is 0 Å². The molecule has 0 amide bonds. The van der Waals surface area contributed by atoms with Crippen LogP contribution in [-0.4, -0.2) is 30.0 Å². The maximum absolute atomic E-state index is 4.70. The molecule has 0 fully saturated rings. The van der Waals surface area contributed by atoms with Gasteiger partial charge in [-0.15, -0.1) is 20.4 Å². The largest absolute Gasteiger partial charge is 0.310 e. The fourth-order valence-electron chi connectivity index (χ4n) is 8.43. The van der Waals surface area contributed by atoms with Crippen LogP contribution in [0.3, 0.4) is 0 Å². The number of benzene rings is 9. The average molecular weight is 821 g/mol. The van der Waals surface area contributed by atoms with Crippen LogP contribution in [0.5, 0.6) is 0 Å². The van der Waals surface area contributed by atoms with Crippen LogP contribution < -0.4 is 9.80 Å². The Morgan fingerprint density at radius 2 is 0.719 bits per heavy atom. The van der Waals surface area contributed by atoms with E-state index in [1.807, 2.05) is 54.6 Å². The summed E-state index contributed by atoms with van der Waals surface area (Å²) in [5.41, 5.74) is 13.7. The van der Waals surface area contributed by atoms with E-state index < -0.39 is 0 Å². The number of hydrogen-bond donors (Lipinski definition) is 0. The normalized spacial score (nSPS) is 11.3. The lowest BCUT2D eigenvalue weighted by Gasteiger charge is -2.27. The number of anilines is 6. The van der Waals surface area contributed by atoms with Gasteiger partial charge in [0.2, 0.25) is 0 Å². The molecule has 0 saturated heterocycles. The summed E-state index contributed by atoms with van der Waals surface area (Å²) in [5.74, 6) is 0. The molecule has 0 atom stereocenters. The minimum atomic E-state index is 0.860. The van der Waals surface area contributed by atoms with E-state index in [-0.39, 0.29) is 0 Å². The quantitative estimate of drug-likeness (QED) is 0.144. The molecule has 0 aliphatic rings. The van der Waals surface area contributed by atoms with Gasteiger partial charge < -0.3 is 9.80 Å². The topological polar surface area (TPSA) is 67.9 Å². The molecule has 2 heterocycles. The number of aromatic nitrogens is 6.